The summed E-state index contributed by atoms with van der Waals surface area (Å²) < 4.78 is 0. The first-order valence-corrected chi connectivity index (χ1v) is 12.7. The van der Waals surface area contributed by atoms with Gasteiger partial charge in [-0.05, 0) is 111 Å². The zero-order valence-corrected chi connectivity index (χ0v) is 19.7. The SMILES string of the molecule is CC(C)[C@H](C)[C@@H](O)CC[C@H]1CCC2C3CC=C4C[C@@H](O)CC[C@]4(C)C3CC[C@@]21C. The van der Waals surface area contributed by atoms with Crippen LogP contribution < -0.4 is 0 Å². The molecule has 0 spiro atoms. The van der Waals surface area contributed by atoms with Gasteiger partial charge in [-0.2, -0.15) is 0 Å². The summed E-state index contributed by atoms with van der Waals surface area (Å²) in [6, 6.07) is 0. The molecule has 0 aromatic rings. The van der Waals surface area contributed by atoms with Gasteiger partial charge in [0.1, 0.15) is 0 Å². The van der Waals surface area contributed by atoms with Gasteiger partial charge in [-0.1, -0.05) is 46.3 Å². The minimum absolute atomic E-state index is 0.102. The lowest BCUT2D eigenvalue weighted by molar-refractivity contribution is -0.0526. The maximum Gasteiger partial charge on any atom is 0.0577 e. The van der Waals surface area contributed by atoms with Crippen LogP contribution >= 0.6 is 0 Å². The van der Waals surface area contributed by atoms with E-state index in [0.29, 0.717) is 22.7 Å². The molecule has 0 bridgehead atoms. The molecule has 29 heavy (non-hydrogen) atoms. The molecule has 0 aromatic heterocycles. The summed E-state index contributed by atoms with van der Waals surface area (Å²) in [4.78, 5) is 0. The van der Waals surface area contributed by atoms with Crippen LogP contribution in [-0.2, 0) is 0 Å². The van der Waals surface area contributed by atoms with Crippen molar-refractivity contribution < 1.29 is 10.2 Å². The Morgan fingerprint density at radius 2 is 1.79 bits per heavy atom. The number of hydrogen-bond donors (Lipinski definition) is 2. The average Bonchev–Trinajstić information content (AvgIpc) is 3.02. The van der Waals surface area contributed by atoms with Crippen LogP contribution in [0.2, 0.25) is 0 Å². The standard InChI is InChI=1S/C27H46O2/c1-17(2)18(3)25(29)11-8-19-7-10-23-22-9-6-20-16-21(28)12-14-27(20,5)24(22)13-15-26(19,23)4/h6,17-19,21-25,28-29H,7-16H2,1-5H3/t18-,19+,21-,22?,23?,24?,25-,26+,27-/m0/s1. The van der Waals surface area contributed by atoms with Crippen molar-refractivity contribution in [1.82, 2.24) is 0 Å². The molecule has 3 fully saturated rings. The fourth-order valence-electron chi connectivity index (χ4n) is 8.30. The van der Waals surface area contributed by atoms with Crippen molar-refractivity contribution in [3.05, 3.63) is 11.6 Å². The van der Waals surface area contributed by atoms with Gasteiger partial charge in [0.2, 0.25) is 0 Å². The minimum Gasteiger partial charge on any atom is -0.393 e. The lowest BCUT2D eigenvalue weighted by Gasteiger charge is -2.58. The predicted octanol–water partition coefficient (Wildman–Crippen LogP) is 6.36. The first kappa shape index (κ1) is 21.9. The van der Waals surface area contributed by atoms with Crippen molar-refractivity contribution in [3.63, 3.8) is 0 Å². The van der Waals surface area contributed by atoms with E-state index in [9.17, 15) is 10.2 Å². The first-order valence-electron chi connectivity index (χ1n) is 12.7. The van der Waals surface area contributed by atoms with Gasteiger partial charge in [0.05, 0.1) is 12.2 Å². The Kier molecular flexibility index (Phi) is 6.01. The highest BCUT2D eigenvalue weighted by atomic mass is 16.3. The third-order valence-electron chi connectivity index (χ3n) is 10.7. The van der Waals surface area contributed by atoms with Gasteiger partial charge in [-0.15, -0.1) is 0 Å². The summed E-state index contributed by atoms with van der Waals surface area (Å²) in [6.45, 7) is 11.8. The smallest absolute Gasteiger partial charge is 0.0577 e. The van der Waals surface area contributed by atoms with E-state index in [1.807, 2.05) is 0 Å². The van der Waals surface area contributed by atoms with Crippen LogP contribution in [0.3, 0.4) is 0 Å². The largest absolute Gasteiger partial charge is 0.393 e. The molecule has 3 saturated carbocycles. The summed E-state index contributed by atoms with van der Waals surface area (Å²) in [7, 11) is 0. The summed E-state index contributed by atoms with van der Waals surface area (Å²) in [6.07, 6.45) is 14.4. The molecule has 0 amide bonds. The van der Waals surface area contributed by atoms with Gasteiger partial charge >= 0.3 is 0 Å². The highest BCUT2D eigenvalue weighted by molar-refractivity contribution is 5.25. The zero-order valence-electron chi connectivity index (χ0n) is 19.7. The van der Waals surface area contributed by atoms with Crippen molar-refractivity contribution in [2.75, 3.05) is 0 Å². The Morgan fingerprint density at radius 1 is 1.03 bits per heavy atom. The van der Waals surface area contributed by atoms with Gasteiger partial charge in [0, 0.05) is 0 Å². The van der Waals surface area contributed by atoms with E-state index < -0.39 is 0 Å². The van der Waals surface area contributed by atoms with Crippen LogP contribution in [-0.4, -0.2) is 22.4 Å². The molecule has 0 aromatic carbocycles. The maximum atomic E-state index is 10.7. The average molecular weight is 403 g/mol. The molecule has 0 saturated heterocycles. The van der Waals surface area contributed by atoms with Crippen molar-refractivity contribution in [1.29, 1.82) is 0 Å². The molecule has 4 rings (SSSR count). The molecule has 0 heterocycles. The number of hydrogen-bond acceptors (Lipinski definition) is 2. The summed E-state index contributed by atoms with van der Waals surface area (Å²) in [5.74, 6) is 4.31. The molecule has 2 nitrogen and oxygen atoms in total. The molecule has 4 aliphatic carbocycles. The number of aliphatic hydroxyl groups is 2. The molecule has 0 aliphatic heterocycles. The molecule has 0 radical (unpaired) electrons. The Labute approximate surface area is 179 Å². The molecule has 9 atom stereocenters. The van der Waals surface area contributed by atoms with E-state index in [1.165, 1.54) is 44.9 Å². The second-order valence-electron chi connectivity index (χ2n) is 12.2. The molecule has 4 aliphatic rings. The Bertz CT molecular complexity index is 624. The minimum atomic E-state index is -0.137. The van der Waals surface area contributed by atoms with Crippen LogP contribution in [0.15, 0.2) is 11.6 Å². The second kappa shape index (κ2) is 7.97. The van der Waals surface area contributed by atoms with Crippen molar-refractivity contribution in [3.8, 4) is 0 Å². The van der Waals surface area contributed by atoms with Crippen molar-refractivity contribution in [2.45, 2.75) is 111 Å². The molecule has 2 N–H and O–H groups in total. The normalized spacial score (nSPS) is 46.5. The topological polar surface area (TPSA) is 40.5 Å². The molecule has 166 valence electrons. The Hall–Kier alpha value is -0.340. The van der Waals surface area contributed by atoms with Crippen LogP contribution in [0, 0.1) is 46.3 Å². The van der Waals surface area contributed by atoms with Gasteiger partial charge < -0.3 is 10.2 Å². The zero-order chi connectivity index (χ0) is 21.0. The lowest BCUT2D eigenvalue weighted by atomic mass is 9.47. The van der Waals surface area contributed by atoms with Crippen LogP contribution in [0.1, 0.15) is 98.8 Å². The van der Waals surface area contributed by atoms with Gasteiger partial charge in [-0.3, -0.25) is 0 Å². The van der Waals surface area contributed by atoms with Crippen molar-refractivity contribution in [2.24, 2.45) is 46.3 Å². The fraction of sp³-hybridized carbons (Fsp3) is 0.926. The van der Waals surface area contributed by atoms with Crippen LogP contribution in [0.5, 0.6) is 0 Å². The number of fused-ring (bicyclic) bond motifs is 5. The first-order chi connectivity index (χ1) is 13.7. The third kappa shape index (κ3) is 3.65. The lowest BCUT2D eigenvalue weighted by Crippen LogP contribution is -2.50. The molecular weight excluding hydrogens is 356 g/mol. The quantitative estimate of drug-likeness (QED) is 0.525. The van der Waals surface area contributed by atoms with E-state index in [0.717, 1.165) is 42.9 Å². The Balaban J connectivity index is 1.46. The third-order valence-corrected chi connectivity index (χ3v) is 10.7. The molecule has 3 unspecified atom stereocenters. The second-order valence-corrected chi connectivity index (χ2v) is 12.2. The van der Waals surface area contributed by atoms with E-state index in [-0.39, 0.29) is 12.2 Å². The van der Waals surface area contributed by atoms with Crippen LogP contribution in [0.4, 0.5) is 0 Å². The van der Waals surface area contributed by atoms with Crippen LogP contribution in [0.25, 0.3) is 0 Å². The maximum absolute atomic E-state index is 10.7. The van der Waals surface area contributed by atoms with Gasteiger partial charge in [-0.25, -0.2) is 0 Å². The van der Waals surface area contributed by atoms with E-state index in [2.05, 4.69) is 40.7 Å². The highest BCUT2D eigenvalue weighted by Gasteiger charge is 2.58. The van der Waals surface area contributed by atoms with Crippen molar-refractivity contribution >= 4 is 0 Å². The summed E-state index contributed by atoms with van der Waals surface area (Å²) >= 11 is 0. The highest BCUT2D eigenvalue weighted by Crippen LogP contribution is 2.66. The molecule has 2 heteroatoms. The van der Waals surface area contributed by atoms with E-state index >= 15 is 0 Å². The van der Waals surface area contributed by atoms with Gasteiger partial charge in [0.15, 0.2) is 0 Å². The molecular formula is C27H46O2. The fourth-order valence-corrected chi connectivity index (χ4v) is 8.30. The predicted molar refractivity (Wildman–Crippen MR) is 120 cm³/mol. The Morgan fingerprint density at radius 3 is 2.52 bits per heavy atom. The van der Waals surface area contributed by atoms with E-state index in [1.54, 1.807) is 5.57 Å². The summed E-state index contributed by atoms with van der Waals surface area (Å²) in [5.41, 5.74) is 2.42. The number of allylic oxidation sites excluding steroid dienone is 1. The number of aliphatic hydroxyl groups excluding tert-OH is 2. The number of rotatable bonds is 5. The monoisotopic (exact) mass is 402 g/mol. The van der Waals surface area contributed by atoms with Gasteiger partial charge in [0.25, 0.3) is 0 Å². The summed E-state index contributed by atoms with van der Waals surface area (Å²) in [5, 5.41) is 20.9. The van der Waals surface area contributed by atoms with E-state index in [4.69, 9.17) is 0 Å².